The molecule has 0 saturated carbocycles. The van der Waals surface area contributed by atoms with E-state index in [1.165, 1.54) is 4.57 Å². The zero-order valence-electron chi connectivity index (χ0n) is 17.5. The summed E-state index contributed by atoms with van der Waals surface area (Å²) < 4.78 is 20.1. The second-order valence-corrected chi connectivity index (χ2v) is 7.64. The number of aldehydes is 1. The third kappa shape index (κ3) is 4.50. The number of fused-ring (bicyclic) bond motifs is 3. The number of aromatic nitrogens is 1. The number of benzene rings is 2. The van der Waals surface area contributed by atoms with Gasteiger partial charge in [-0.2, -0.15) is 0 Å². The lowest BCUT2D eigenvalue weighted by Crippen LogP contribution is -2.42. The van der Waals surface area contributed by atoms with Crippen LogP contribution < -0.4 is 5.32 Å². The molecule has 0 radical (unpaired) electrons. The van der Waals surface area contributed by atoms with Crippen molar-refractivity contribution < 1.29 is 23.5 Å². The fourth-order valence-corrected chi connectivity index (χ4v) is 3.66. The maximum Gasteiger partial charge on any atom is 0.419 e. The topological polar surface area (TPSA) is 77.4 Å². The predicted octanol–water partition coefficient (Wildman–Crippen LogP) is 4.40. The Hall–Kier alpha value is -3.48. The summed E-state index contributed by atoms with van der Waals surface area (Å²) in [7, 11) is 0. The van der Waals surface area contributed by atoms with Gasteiger partial charge in [0.25, 0.3) is 0 Å². The highest BCUT2D eigenvalue weighted by molar-refractivity contribution is 6.12. The molecule has 7 heteroatoms. The number of carbonyl (C=O) groups is 3. The Morgan fingerprint density at radius 3 is 2.13 bits per heavy atom. The molecule has 0 fully saturated rings. The first-order chi connectivity index (χ1) is 14.9. The van der Waals surface area contributed by atoms with Gasteiger partial charge in [0, 0.05) is 22.9 Å². The Kier molecular flexibility index (Phi) is 6.84. The first-order valence-corrected chi connectivity index (χ1v) is 10.1. The van der Waals surface area contributed by atoms with Gasteiger partial charge in [-0.05, 0) is 18.1 Å². The quantitative estimate of drug-likeness (QED) is 0.515. The van der Waals surface area contributed by atoms with Crippen molar-refractivity contribution in [2.24, 2.45) is 5.92 Å². The molecule has 1 heterocycles. The van der Waals surface area contributed by atoms with Gasteiger partial charge in [-0.15, -0.1) is 0 Å². The smallest absolute Gasteiger partial charge is 0.419 e. The number of nitrogens with zero attached hydrogens (tertiary/aromatic N) is 1. The molecule has 162 valence electrons. The van der Waals surface area contributed by atoms with Crippen LogP contribution in [0.5, 0.6) is 0 Å². The molecule has 1 aromatic heterocycles. The summed E-state index contributed by atoms with van der Waals surface area (Å²) in [6, 6.07) is 14.0. The predicted molar refractivity (Wildman–Crippen MR) is 118 cm³/mol. The number of ketones is 1. The minimum atomic E-state index is -1.20. The van der Waals surface area contributed by atoms with Crippen LogP contribution in [0.4, 0.5) is 9.18 Å². The highest BCUT2D eigenvalue weighted by Gasteiger charge is 2.28. The first kappa shape index (κ1) is 22.2. The molecule has 0 aliphatic rings. The third-order valence-electron chi connectivity index (χ3n) is 5.15. The summed E-state index contributed by atoms with van der Waals surface area (Å²) >= 11 is 0. The molecule has 3 rings (SSSR count). The standard InChI is InChI=1S/C24H25FN2O4/c1-15(2)23(16(3)26-19(12-13-28)22(29)14-25)31-24(30)27-20-10-6-4-8-17(20)18-9-5-7-11-21(18)27/h4-11,13,15,19,23,26H,3,12,14H2,1-2H3/t19?,23-/m0/s1. The second-order valence-electron chi connectivity index (χ2n) is 7.64. The van der Waals surface area contributed by atoms with E-state index in [-0.39, 0.29) is 18.0 Å². The Labute approximate surface area is 179 Å². The van der Waals surface area contributed by atoms with Crippen molar-refractivity contribution in [3.05, 3.63) is 60.8 Å². The number of carbonyl (C=O) groups excluding carboxylic acids is 3. The van der Waals surface area contributed by atoms with E-state index in [2.05, 4.69) is 11.9 Å². The number of Topliss-reactive ketones (excluding diaryl/α,β-unsaturated/α-hetero) is 1. The SMILES string of the molecule is C=C(NC(CC=O)C(=O)CF)[C@@H](OC(=O)n1c2ccccc2c2ccccc21)C(C)C. The molecule has 6 nitrogen and oxygen atoms in total. The van der Waals surface area contributed by atoms with Crippen LogP contribution in [0.15, 0.2) is 60.8 Å². The molecule has 0 amide bonds. The normalized spacial score (nSPS) is 13.2. The Morgan fingerprint density at radius 1 is 1.10 bits per heavy atom. The van der Waals surface area contributed by atoms with Crippen molar-refractivity contribution in [3.63, 3.8) is 0 Å². The lowest BCUT2D eigenvalue weighted by molar-refractivity contribution is -0.123. The number of halogens is 1. The van der Waals surface area contributed by atoms with Gasteiger partial charge in [-0.25, -0.2) is 13.8 Å². The molecular formula is C24H25FN2O4. The third-order valence-corrected chi connectivity index (χ3v) is 5.15. The number of hydrogen-bond acceptors (Lipinski definition) is 5. The molecule has 31 heavy (non-hydrogen) atoms. The lowest BCUT2D eigenvalue weighted by atomic mass is 10.0. The number of alkyl halides is 1. The number of para-hydroxylation sites is 2. The summed E-state index contributed by atoms with van der Waals surface area (Å²) in [5.74, 6) is -0.945. The van der Waals surface area contributed by atoms with E-state index >= 15 is 0 Å². The molecule has 2 atom stereocenters. The minimum Gasteiger partial charge on any atom is -0.439 e. The van der Waals surface area contributed by atoms with E-state index in [9.17, 15) is 18.8 Å². The molecule has 0 bridgehead atoms. The second kappa shape index (κ2) is 9.55. The molecule has 2 aromatic carbocycles. The zero-order chi connectivity index (χ0) is 22.5. The number of ether oxygens (including phenoxy) is 1. The van der Waals surface area contributed by atoms with Gasteiger partial charge < -0.3 is 14.8 Å². The fraction of sp³-hybridized carbons (Fsp3) is 0.292. The van der Waals surface area contributed by atoms with Crippen molar-refractivity contribution >= 4 is 40.0 Å². The zero-order valence-corrected chi connectivity index (χ0v) is 17.5. The van der Waals surface area contributed by atoms with Gasteiger partial charge in [0.1, 0.15) is 19.1 Å². The monoisotopic (exact) mass is 424 g/mol. The van der Waals surface area contributed by atoms with Crippen molar-refractivity contribution in [2.75, 3.05) is 6.67 Å². The van der Waals surface area contributed by atoms with Gasteiger partial charge >= 0.3 is 6.09 Å². The number of hydrogen-bond donors (Lipinski definition) is 1. The van der Waals surface area contributed by atoms with Gasteiger partial charge in [0.15, 0.2) is 5.78 Å². The maximum absolute atomic E-state index is 13.2. The van der Waals surface area contributed by atoms with Crippen LogP contribution in [0, 0.1) is 5.92 Å². The average Bonchev–Trinajstić information content (AvgIpc) is 3.10. The summed E-state index contributed by atoms with van der Waals surface area (Å²) in [5.41, 5.74) is 1.65. The van der Waals surface area contributed by atoms with Crippen molar-refractivity contribution in [2.45, 2.75) is 32.4 Å². The van der Waals surface area contributed by atoms with Crippen molar-refractivity contribution in [1.29, 1.82) is 0 Å². The highest BCUT2D eigenvalue weighted by atomic mass is 19.1. The Balaban J connectivity index is 1.92. The lowest BCUT2D eigenvalue weighted by Gasteiger charge is -2.27. The van der Waals surface area contributed by atoms with E-state index in [0.717, 1.165) is 10.8 Å². The Bertz CT molecular complexity index is 1080. The first-order valence-electron chi connectivity index (χ1n) is 10.1. The van der Waals surface area contributed by atoms with E-state index in [1.807, 2.05) is 62.4 Å². The van der Waals surface area contributed by atoms with Crippen LogP contribution >= 0.6 is 0 Å². The van der Waals surface area contributed by atoms with Gasteiger partial charge in [0.05, 0.1) is 17.1 Å². The van der Waals surface area contributed by atoms with Crippen molar-refractivity contribution in [3.8, 4) is 0 Å². The molecule has 1 N–H and O–H groups in total. The van der Waals surface area contributed by atoms with E-state index in [1.54, 1.807) is 0 Å². The van der Waals surface area contributed by atoms with E-state index in [4.69, 9.17) is 4.74 Å². The van der Waals surface area contributed by atoms with Crippen LogP contribution in [-0.4, -0.2) is 41.6 Å². The molecule has 0 aliphatic carbocycles. The molecule has 3 aromatic rings. The van der Waals surface area contributed by atoms with Gasteiger partial charge in [-0.1, -0.05) is 56.8 Å². The summed E-state index contributed by atoms with van der Waals surface area (Å²) in [6.07, 6.45) is -1.06. The van der Waals surface area contributed by atoms with Crippen LogP contribution in [-0.2, 0) is 14.3 Å². The summed E-state index contributed by atoms with van der Waals surface area (Å²) in [5, 5.41) is 4.62. The van der Waals surface area contributed by atoms with Crippen LogP contribution in [0.1, 0.15) is 20.3 Å². The highest BCUT2D eigenvalue weighted by Crippen LogP contribution is 2.29. The van der Waals surface area contributed by atoms with E-state index in [0.29, 0.717) is 17.3 Å². The molecule has 0 saturated heterocycles. The molecule has 0 aliphatic heterocycles. The van der Waals surface area contributed by atoms with Gasteiger partial charge in [-0.3, -0.25) is 4.79 Å². The number of nitrogens with one attached hydrogen (secondary N) is 1. The summed E-state index contributed by atoms with van der Waals surface area (Å²) in [4.78, 5) is 35.9. The van der Waals surface area contributed by atoms with E-state index < -0.39 is 30.7 Å². The van der Waals surface area contributed by atoms with Crippen LogP contribution in [0.2, 0.25) is 0 Å². The largest absolute Gasteiger partial charge is 0.439 e. The summed E-state index contributed by atoms with van der Waals surface area (Å²) in [6.45, 7) is 6.36. The molecular weight excluding hydrogens is 399 g/mol. The maximum atomic E-state index is 13.2. The van der Waals surface area contributed by atoms with Crippen molar-refractivity contribution in [1.82, 2.24) is 9.88 Å². The number of rotatable bonds is 9. The molecule has 1 unspecified atom stereocenters. The average molecular weight is 424 g/mol. The fourth-order valence-electron chi connectivity index (χ4n) is 3.66. The van der Waals surface area contributed by atoms with Crippen LogP contribution in [0.25, 0.3) is 21.8 Å². The van der Waals surface area contributed by atoms with Gasteiger partial charge in [0.2, 0.25) is 0 Å². The minimum absolute atomic E-state index is 0.186. The van der Waals surface area contributed by atoms with Crippen LogP contribution in [0.3, 0.4) is 0 Å². The Morgan fingerprint density at radius 2 is 1.65 bits per heavy atom. The molecule has 0 spiro atoms.